The standard InChI is InChI=1S/C16H19N5O3/c1-11-5-9-21(19-11)12-4-7-17-13(18-12)14(22)20-8-3-6-16(2,10-20)15(23)24/h4-5,7,9H,3,6,8,10H2,1-2H3,(H,23,24). The lowest BCUT2D eigenvalue weighted by molar-refractivity contribution is -0.150. The fourth-order valence-corrected chi connectivity index (χ4v) is 2.85. The number of carboxylic acids is 1. The summed E-state index contributed by atoms with van der Waals surface area (Å²) in [5.41, 5.74) is -0.0836. The molecule has 0 radical (unpaired) electrons. The molecule has 1 saturated heterocycles. The maximum atomic E-state index is 12.7. The lowest BCUT2D eigenvalue weighted by Gasteiger charge is -2.37. The van der Waals surface area contributed by atoms with Crippen LogP contribution < -0.4 is 0 Å². The lowest BCUT2D eigenvalue weighted by Crippen LogP contribution is -2.48. The summed E-state index contributed by atoms with van der Waals surface area (Å²) in [6.07, 6.45) is 4.47. The van der Waals surface area contributed by atoms with Crippen molar-refractivity contribution in [2.24, 2.45) is 5.41 Å². The largest absolute Gasteiger partial charge is 0.481 e. The number of carboxylic acid groups (broad SMARTS) is 1. The van der Waals surface area contributed by atoms with E-state index in [4.69, 9.17) is 0 Å². The molecular formula is C16H19N5O3. The predicted molar refractivity (Wildman–Crippen MR) is 84.8 cm³/mol. The summed E-state index contributed by atoms with van der Waals surface area (Å²) in [5.74, 6) is -0.690. The fourth-order valence-electron chi connectivity index (χ4n) is 2.85. The van der Waals surface area contributed by atoms with E-state index in [1.165, 1.54) is 11.1 Å². The lowest BCUT2D eigenvalue weighted by atomic mass is 9.82. The zero-order valence-electron chi connectivity index (χ0n) is 13.6. The van der Waals surface area contributed by atoms with Crippen molar-refractivity contribution in [3.8, 4) is 5.82 Å². The van der Waals surface area contributed by atoms with Crippen LogP contribution in [0.1, 0.15) is 36.1 Å². The van der Waals surface area contributed by atoms with E-state index in [2.05, 4.69) is 15.1 Å². The Balaban J connectivity index is 1.84. The van der Waals surface area contributed by atoms with E-state index in [0.29, 0.717) is 25.2 Å². The Kier molecular flexibility index (Phi) is 4.04. The van der Waals surface area contributed by atoms with Crippen LogP contribution in [0.15, 0.2) is 24.5 Å². The molecule has 2 aromatic rings. The summed E-state index contributed by atoms with van der Waals surface area (Å²) in [7, 11) is 0. The minimum absolute atomic E-state index is 0.0512. The number of likely N-dealkylation sites (tertiary alicyclic amines) is 1. The van der Waals surface area contributed by atoms with Crippen LogP contribution in [0.25, 0.3) is 5.82 Å². The van der Waals surface area contributed by atoms with E-state index in [9.17, 15) is 14.7 Å². The highest BCUT2D eigenvalue weighted by atomic mass is 16.4. The van der Waals surface area contributed by atoms with E-state index in [-0.39, 0.29) is 18.3 Å². The normalized spacial score (nSPS) is 20.8. The quantitative estimate of drug-likeness (QED) is 0.911. The summed E-state index contributed by atoms with van der Waals surface area (Å²) in [5, 5.41) is 13.6. The highest BCUT2D eigenvalue weighted by Crippen LogP contribution is 2.30. The number of aromatic nitrogens is 4. The molecule has 0 spiro atoms. The second kappa shape index (κ2) is 6.03. The number of hydrogen-bond donors (Lipinski definition) is 1. The third kappa shape index (κ3) is 2.99. The zero-order chi connectivity index (χ0) is 17.3. The third-order valence-electron chi connectivity index (χ3n) is 4.29. The average Bonchev–Trinajstić information content (AvgIpc) is 3.01. The number of carbonyl (C=O) groups is 2. The van der Waals surface area contributed by atoms with Gasteiger partial charge in [-0.2, -0.15) is 5.10 Å². The molecule has 3 heterocycles. The molecule has 0 bridgehead atoms. The molecule has 8 nitrogen and oxygen atoms in total. The van der Waals surface area contributed by atoms with Crippen LogP contribution in [0, 0.1) is 12.3 Å². The maximum Gasteiger partial charge on any atom is 0.311 e. The van der Waals surface area contributed by atoms with Crippen molar-refractivity contribution in [1.82, 2.24) is 24.6 Å². The number of carbonyl (C=O) groups excluding carboxylic acids is 1. The van der Waals surface area contributed by atoms with E-state index >= 15 is 0 Å². The number of piperidine rings is 1. The minimum atomic E-state index is -0.926. The third-order valence-corrected chi connectivity index (χ3v) is 4.29. The van der Waals surface area contributed by atoms with Gasteiger partial charge in [-0.3, -0.25) is 9.59 Å². The van der Waals surface area contributed by atoms with Crippen molar-refractivity contribution in [1.29, 1.82) is 0 Å². The molecule has 1 N–H and O–H groups in total. The minimum Gasteiger partial charge on any atom is -0.481 e. The molecule has 0 aliphatic carbocycles. The average molecular weight is 329 g/mol. The van der Waals surface area contributed by atoms with Crippen molar-refractivity contribution in [3.63, 3.8) is 0 Å². The fraction of sp³-hybridized carbons (Fsp3) is 0.438. The van der Waals surface area contributed by atoms with Gasteiger partial charge in [0.15, 0.2) is 5.82 Å². The topological polar surface area (TPSA) is 101 Å². The van der Waals surface area contributed by atoms with Crippen LogP contribution in [-0.4, -0.2) is 54.7 Å². The molecule has 24 heavy (non-hydrogen) atoms. The monoisotopic (exact) mass is 329 g/mol. The summed E-state index contributed by atoms with van der Waals surface area (Å²) in [6.45, 7) is 4.20. The van der Waals surface area contributed by atoms with Gasteiger partial charge in [-0.25, -0.2) is 14.6 Å². The molecule has 1 atom stereocenters. The first-order valence-electron chi connectivity index (χ1n) is 7.77. The van der Waals surface area contributed by atoms with E-state index in [0.717, 1.165) is 5.69 Å². The molecule has 3 rings (SSSR count). The van der Waals surface area contributed by atoms with E-state index < -0.39 is 11.4 Å². The summed E-state index contributed by atoms with van der Waals surface area (Å²) in [4.78, 5) is 34.0. The van der Waals surface area contributed by atoms with Crippen LogP contribution >= 0.6 is 0 Å². The molecule has 0 aromatic carbocycles. The van der Waals surface area contributed by atoms with Crippen LogP contribution in [0.5, 0.6) is 0 Å². The number of amides is 1. The molecule has 0 saturated carbocycles. The number of aryl methyl sites for hydroxylation is 1. The summed E-state index contributed by atoms with van der Waals surface area (Å²) < 4.78 is 1.57. The zero-order valence-corrected chi connectivity index (χ0v) is 13.6. The second-order valence-corrected chi connectivity index (χ2v) is 6.34. The molecule has 1 unspecified atom stereocenters. The van der Waals surface area contributed by atoms with Crippen LogP contribution in [-0.2, 0) is 4.79 Å². The summed E-state index contributed by atoms with van der Waals surface area (Å²) in [6, 6.07) is 3.51. The van der Waals surface area contributed by atoms with Crippen molar-refractivity contribution in [3.05, 3.63) is 36.0 Å². The first-order valence-corrected chi connectivity index (χ1v) is 7.77. The molecule has 1 amide bonds. The Hall–Kier alpha value is -2.77. The van der Waals surface area contributed by atoms with Gasteiger partial charge in [-0.1, -0.05) is 0 Å². The smallest absolute Gasteiger partial charge is 0.311 e. The van der Waals surface area contributed by atoms with Crippen LogP contribution in [0.4, 0.5) is 0 Å². The molecule has 126 valence electrons. The first kappa shape index (κ1) is 16.1. The number of aliphatic carboxylic acids is 1. The molecule has 1 aliphatic heterocycles. The van der Waals surface area contributed by atoms with Gasteiger partial charge in [0.1, 0.15) is 0 Å². The number of rotatable bonds is 3. The Morgan fingerprint density at radius 2 is 2.12 bits per heavy atom. The van der Waals surface area contributed by atoms with Gasteiger partial charge >= 0.3 is 5.97 Å². The van der Waals surface area contributed by atoms with Crippen LogP contribution in [0.2, 0.25) is 0 Å². The first-order chi connectivity index (χ1) is 11.4. The van der Waals surface area contributed by atoms with Gasteiger partial charge in [0.05, 0.1) is 11.1 Å². The van der Waals surface area contributed by atoms with E-state index in [1.54, 1.807) is 23.9 Å². The van der Waals surface area contributed by atoms with Crippen molar-refractivity contribution in [2.75, 3.05) is 13.1 Å². The Morgan fingerprint density at radius 1 is 1.33 bits per heavy atom. The van der Waals surface area contributed by atoms with Crippen molar-refractivity contribution < 1.29 is 14.7 Å². The molecular weight excluding hydrogens is 310 g/mol. The van der Waals surface area contributed by atoms with E-state index in [1.807, 2.05) is 13.0 Å². The van der Waals surface area contributed by atoms with Gasteiger partial charge in [-0.15, -0.1) is 0 Å². The number of nitrogens with zero attached hydrogens (tertiary/aromatic N) is 5. The summed E-state index contributed by atoms with van der Waals surface area (Å²) >= 11 is 0. The molecule has 8 heteroatoms. The van der Waals surface area contributed by atoms with Gasteiger partial charge in [-0.05, 0) is 32.8 Å². The highest BCUT2D eigenvalue weighted by molar-refractivity contribution is 5.91. The Morgan fingerprint density at radius 3 is 2.79 bits per heavy atom. The second-order valence-electron chi connectivity index (χ2n) is 6.34. The maximum absolute atomic E-state index is 12.7. The molecule has 1 aliphatic rings. The van der Waals surface area contributed by atoms with Crippen LogP contribution in [0.3, 0.4) is 0 Å². The molecule has 2 aromatic heterocycles. The SMILES string of the molecule is Cc1ccn(-c2ccnc(C(=O)N3CCCC(C)(C(=O)O)C3)n2)n1. The van der Waals surface area contributed by atoms with Crippen molar-refractivity contribution >= 4 is 11.9 Å². The number of hydrogen-bond acceptors (Lipinski definition) is 5. The molecule has 1 fully saturated rings. The van der Waals surface area contributed by atoms with Gasteiger partial charge in [0, 0.05) is 31.5 Å². The van der Waals surface area contributed by atoms with Gasteiger partial charge in [0.25, 0.3) is 5.91 Å². The van der Waals surface area contributed by atoms with Gasteiger partial charge in [0.2, 0.25) is 5.82 Å². The predicted octanol–water partition coefficient (Wildman–Crippen LogP) is 1.30. The van der Waals surface area contributed by atoms with Gasteiger partial charge < -0.3 is 10.0 Å². The highest BCUT2D eigenvalue weighted by Gasteiger charge is 2.40. The Bertz CT molecular complexity index is 788. The van der Waals surface area contributed by atoms with Crippen molar-refractivity contribution in [2.45, 2.75) is 26.7 Å². The Labute approximate surface area is 139 Å².